The molecule has 32 heavy (non-hydrogen) atoms. The zero-order valence-corrected chi connectivity index (χ0v) is 18.6. The number of rotatable bonds is 7. The quantitative estimate of drug-likeness (QED) is 0.456. The molecular formula is C25H25N5OS. The summed E-state index contributed by atoms with van der Waals surface area (Å²) in [4.78, 5) is 19.6. The maximum absolute atomic E-state index is 12.6. The number of para-hydroxylation sites is 1. The van der Waals surface area contributed by atoms with Crippen molar-refractivity contribution in [2.24, 2.45) is 0 Å². The zero-order valence-electron chi connectivity index (χ0n) is 17.8. The number of carbonyl (C=O) groups excluding carboxylic acids is 1. The van der Waals surface area contributed by atoms with Gasteiger partial charge in [-0.25, -0.2) is 9.67 Å². The monoisotopic (exact) mass is 443 g/mol. The van der Waals surface area contributed by atoms with Crippen LogP contribution < -0.4 is 5.32 Å². The molecule has 2 aromatic heterocycles. The Balaban J connectivity index is 1.18. The van der Waals surface area contributed by atoms with Crippen molar-refractivity contribution in [3.05, 3.63) is 89.2 Å². The van der Waals surface area contributed by atoms with Gasteiger partial charge < -0.3 is 5.32 Å². The van der Waals surface area contributed by atoms with Crippen LogP contribution in [0.3, 0.4) is 0 Å². The summed E-state index contributed by atoms with van der Waals surface area (Å²) in [5, 5.41) is 9.97. The average Bonchev–Trinajstić information content (AvgIpc) is 3.61. The van der Waals surface area contributed by atoms with Crippen molar-refractivity contribution in [3.63, 3.8) is 0 Å². The molecule has 0 spiro atoms. The molecule has 0 radical (unpaired) electrons. The molecule has 3 heterocycles. The van der Waals surface area contributed by atoms with Crippen LogP contribution in [0.5, 0.6) is 0 Å². The van der Waals surface area contributed by atoms with E-state index in [1.807, 2.05) is 41.2 Å². The molecule has 0 saturated carbocycles. The average molecular weight is 444 g/mol. The first kappa shape index (κ1) is 20.6. The van der Waals surface area contributed by atoms with Crippen LogP contribution in [0.2, 0.25) is 0 Å². The van der Waals surface area contributed by atoms with E-state index in [-0.39, 0.29) is 5.91 Å². The molecule has 1 amide bonds. The molecule has 2 aromatic carbocycles. The maximum atomic E-state index is 12.6. The van der Waals surface area contributed by atoms with E-state index in [0.29, 0.717) is 12.2 Å². The second-order valence-corrected chi connectivity index (χ2v) is 8.89. The van der Waals surface area contributed by atoms with Gasteiger partial charge in [0.15, 0.2) is 0 Å². The van der Waals surface area contributed by atoms with Crippen LogP contribution in [0.15, 0.2) is 72.4 Å². The molecule has 1 saturated heterocycles. The smallest absolute Gasteiger partial charge is 0.271 e. The summed E-state index contributed by atoms with van der Waals surface area (Å²) in [6.45, 7) is 3.89. The first-order valence-corrected chi connectivity index (χ1v) is 11.8. The van der Waals surface area contributed by atoms with Crippen LogP contribution in [0, 0.1) is 0 Å². The van der Waals surface area contributed by atoms with Gasteiger partial charge in [0.1, 0.15) is 10.7 Å². The Labute approximate surface area is 191 Å². The SMILES string of the molecule is O=C(NCc1ccc(CN2CCCC2)cc1)c1csc(-c2cnn(-c3ccccc3)c2)n1. The van der Waals surface area contributed by atoms with Gasteiger partial charge in [0, 0.05) is 30.2 Å². The fourth-order valence-electron chi connectivity index (χ4n) is 3.90. The number of thiazole rings is 1. The molecule has 7 heteroatoms. The predicted octanol–water partition coefficient (Wildman–Crippen LogP) is 4.52. The maximum Gasteiger partial charge on any atom is 0.271 e. The normalized spacial score (nSPS) is 14.0. The van der Waals surface area contributed by atoms with Crippen molar-refractivity contribution in [2.75, 3.05) is 13.1 Å². The Morgan fingerprint density at radius 2 is 1.75 bits per heavy atom. The lowest BCUT2D eigenvalue weighted by Crippen LogP contribution is -2.23. The highest BCUT2D eigenvalue weighted by Crippen LogP contribution is 2.24. The van der Waals surface area contributed by atoms with E-state index in [2.05, 4.69) is 44.6 Å². The number of likely N-dealkylation sites (tertiary alicyclic amines) is 1. The first-order chi connectivity index (χ1) is 15.7. The van der Waals surface area contributed by atoms with Crippen LogP contribution in [0.1, 0.15) is 34.5 Å². The number of hydrogen-bond acceptors (Lipinski definition) is 5. The molecule has 0 unspecified atom stereocenters. The van der Waals surface area contributed by atoms with Gasteiger partial charge in [0.05, 0.1) is 11.9 Å². The van der Waals surface area contributed by atoms with Crippen molar-refractivity contribution >= 4 is 17.2 Å². The van der Waals surface area contributed by atoms with Crippen LogP contribution in [0.4, 0.5) is 0 Å². The summed E-state index contributed by atoms with van der Waals surface area (Å²) >= 11 is 1.45. The fraction of sp³-hybridized carbons (Fsp3) is 0.240. The predicted molar refractivity (Wildman–Crippen MR) is 127 cm³/mol. The number of nitrogens with zero attached hydrogens (tertiary/aromatic N) is 4. The molecular weight excluding hydrogens is 418 g/mol. The Kier molecular flexibility index (Phi) is 6.09. The third-order valence-corrected chi connectivity index (χ3v) is 6.56. The Morgan fingerprint density at radius 1 is 1.00 bits per heavy atom. The van der Waals surface area contributed by atoms with Gasteiger partial charge in [-0.1, -0.05) is 42.5 Å². The van der Waals surface area contributed by atoms with Gasteiger partial charge in [-0.2, -0.15) is 5.10 Å². The van der Waals surface area contributed by atoms with E-state index in [0.717, 1.165) is 28.4 Å². The lowest BCUT2D eigenvalue weighted by molar-refractivity contribution is 0.0946. The number of carbonyl (C=O) groups is 1. The summed E-state index contributed by atoms with van der Waals surface area (Å²) in [6, 6.07) is 18.4. The Morgan fingerprint density at radius 3 is 2.53 bits per heavy atom. The summed E-state index contributed by atoms with van der Waals surface area (Å²) in [5.74, 6) is -0.163. The van der Waals surface area contributed by atoms with Crippen molar-refractivity contribution in [1.82, 2.24) is 25.0 Å². The third-order valence-electron chi connectivity index (χ3n) is 5.67. The van der Waals surface area contributed by atoms with Crippen LogP contribution in [-0.4, -0.2) is 38.7 Å². The van der Waals surface area contributed by atoms with E-state index in [1.165, 1.54) is 42.8 Å². The number of nitrogens with one attached hydrogen (secondary N) is 1. The van der Waals surface area contributed by atoms with Crippen molar-refractivity contribution in [2.45, 2.75) is 25.9 Å². The van der Waals surface area contributed by atoms with Crippen molar-refractivity contribution in [3.8, 4) is 16.3 Å². The minimum Gasteiger partial charge on any atom is -0.347 e. The lowest BCUT2D eigenvalue weighted by atomic mass is 10.1. The van der Waals surface area contributed by atoms with Crippen molar-refractivity contribution in [1.29, 1.82) is 0 Å². The van der Waals surface area contributed by atoms with Crippen LogP contribution in [-0.2, 0) is 13.1 Å². The molecule has 0 atom stereocenters. The number of aromatic nitrogens is 3. The largest absolute Gasteiger partial charge is 0.347 e. The summed E-state index contributed by atoms with van der Waals surface area (Å²) < 4.78 is 1.81. The van der Waals surface area contributed by atoms with Crippen LogP contribution >= 0.6 is 11.3 Å². The van der Waals surface area contributed by atoms with Gasteiger partial charge >= 0.3 is 0 Å². The highest BCUT2D eigenvalue weighted by atomic mass is 32.1. The zero-order chi connectivity index (χ0) is 21.8. The van der Waals surface area contributed by atoms with Gasteiger partial charge in [-0.05, 0) is 49.2 Å². The molecule has 0 aliphatic carbocycles. The number of benzene rings is 2. The van der Waals surface area contributed by atoms with Crippen molar-refractivity contribution < 1.29 is 4.79 Å². The minimum atomic E-state index is -0.163. The highest BCUT2D eigenvalue weighted by molar-refractivity contribution is 7.13. The molecule has 4 aromatic rings. The van der Waals surface area contributed by atoms with Gasteiger partial charge in [0.2, 0.25) is 0 Å². The van der Waals surface area contributed by atoms with Gasteiger partial charge in [-0.3, -0.25) is 9.69 Å². The second kappa shape index (κ2) is 9.46. The van der Waals surface area contributed by atoms with E-state index >= 15 is 0 Å². The number of amides is 1. The van der Waals surface area contributed by atoms with E-state index in [4.69, 9.17) is 0 Å². The van der Waals surface area contributed by atoms with Gasteiger partial charge in [-0.15, -0.1) is 11.3 Å². The summed E-state index contributed by atoms with van der Waals surface area (Å²) in [6.07, 6.45) is 6.31. The first-order valence-electron chi connectivity index (χ1n) is 10.9. The molecule has 6 nitrogen and oxygen atoms in total. The second-order valence-electron chi connectivity index (χ2n) is 8.03. The Hall–Kier alpha value is -3.29. The highest BCUT2D eigenvalue weighted by Gasteiger charge is 2.14. The topological polar surface area (TPSA) is 63.1 Å². The molecule has 0 bridgehead atoms. The lowest BCUT2D eigenvalue weighted by Gasteiger charge is -2.14. The minimum absolute atomic E-state index is 0.163. The molecule has 1 aliphatic rings. The summed E-state index contributed by atoms with van der Waals surface area (Å²) in [7, 11) is 0. The molecule has 1 aliphatic heterocycles. The standard InChI is InChI=1S/C25H25N5OS/c31-24(26-14-19-8-10-20(11-9-19)16-29-12-4-5-13-29)23-18-32-25(28-23)21-15-27-30(17-21)22-6-2-1-3-7-22/h1-3,6-11,15,17-18H,4-5,12-14,16H2,(H,26,31). The van der Waals surface area contributed by atoms with Crippen LogP contribution in [0.25, 0.3) is 16.3 Å². The van der Waals surface area contributed by atoms with E-state index in [1.54, 1.807) is 11.6 Å². The van der Waals surface area contributed by atoms with E-state index < -0.39 is 0 Å². The van der Waals surface area contributed by atoms with Gasteiger partial charge in [0.25, 0.3) is 5.91 Å². The summed E-state index contributed by atoms with van der Waals surface area (Å²) in [5.41, 5.74) is 4.72. The molecule has 1 N–H and O–H groups in total. The van der Waals surface area contributed by atoms with E-state index in [9.17, 15) is 4.79 Å². The molecule has 1 fully saturated rings. The third kappa shape index (κ3) is 4.79. The number of hydrogen-bond donors (Lipinski definition) is 1. The molecule has 5 rings (SSSR count). The Bertz CT molecular complexity index is 1180. The molecule has 162 valence electrons. The fourth-order valence-corrected chi connectivity index (χ4v) is 4.68.